The molecular formula is C22H23N7O2. The summed E-state index contributed by atoms with van der Waals surface area (Å²) >= 11 is 0. The van der Waals surface area contributed by atoms with Gasteiger partial charge in [0.2, 0.25) is 0 Å². The Balaban J connectivity index is 1.42. The number of fused-ring (bicyclic) bond motifs is 2. The summed E-state index contributed by atoms with van der Waals surface area (Å²) in [6.45, 7) is 3.30. The van der Waals surface area contributed by atoms with E-state index in [4.69, 9.17) is 9.94 Å². The molecule has 2 N–H and O–H groups in total. The van der Waals surface area contributed by atoms with Crippen LogP contribution < -0.4 is 5.32 Å². The zero-order valence-electron chi connectivity index (χ0n) is 17.2. The Labute approximate surface area is 178 Å². The highest BCUT2D eigenvalue weighted by atomic mass is 16.5. The van der Waals surface area contributed by atoms with Crippen molar-refractivity contribution in [3.05, 3.63) is 59.7 Å². The van der Waals surface area contributed by atoms with E-state index in [-0.39, 0.29) is 0 Å². The van der Waals surface area contributed by atoms with E-state index in [1.807, 2.05) is 24.4 Å². The number of oxime groups is 1. The largest absolute Gasteiger partial charge is 0.411 e. The standard InChI is InChI=1S/C22H23N7O2/c1-14(28-30)19-4-5-21-25-26-22(29(21)27-19)11-15-2-3-20-16(10-15)12-18(13-23-20)24-17-6-8-31-9-7-17/h2-5,10,12-13,17,24,30H,6-9,11H2,1H3. The van der Waals surface area contributed by atoms with Gasteiger partial charge in [-0.25, -0.2) is 0 Å². The minimum absolute atomic E-state index is 0.421. The Morgan fingerprint density at radius 3 is 2.90 bits per heavy atom. The average Bonchev–Trinajstić information content (AvgIpc) is 3.21. The number of pyridine rings is 1. The molecule has 0 atom stereocenters. The van der Waals surface area contributed by atoms with Crippen molar-refractivity contribution >= 4 is 27.9 Å². The van der Waals surface area contributed by atoms with Crippen molar-refractivity contribution in [3.63, 3.8) is 0 Å². The fourth-order valence-corrected chi connectivity index (χ4v) is 3.82. The molecule has 1 fully saturated rings. The molecule has 158 valence electrons. The first-order valence-corrected chi connectivity index (χ1v) is 10.3. The molecular weight excluding hydrogens is 394 g/mol. The Hall–Kier alpha value is -3.59. The number of hydrogen-bond donors (Lipinski definition) is 2. The highest BCUT2D eigenvalue weighted by Crippen LogP contribution is 2.22. The molecule has 9 heteroatoms. The monoisotopic (exact) mass is 417 g/mol. The fourth-order valence-electron chi connectivity index (χ4n) is 3.82. The van der Waals surface area contributed by atoms with Crippen molar-refractivity contribution in [2.75, 3.05) is 18.5 Å². The molecule has 0 radical (unpaired) electrons. The maximum atomic E-state index is 9.03. The molecule has 0 bridgehead atoms. The van der Waals surface area contributed by atoms with E-state index in [9.17, 15) is 0 Å². The minimum atomic E-state index is 0.421. The number of nitrogens with zero attached hydrogens (tertiary/aromatic N) is 6. The van der Waals surface area contributed by atoms with E-state index in [0.29, 0.717) is 35.3 Å². The van der Waals surface area contributed by atoms with Gasteiger partial charge in [-0.3, -0.25) is 4.98 Å². The van der Waals surface area contributed by atoms with Gasteiger partial charge in [-0.1, -0.05) is 11.2 Å². The predicted octanol–water partition coefficient (Wildman–Crippen LogP) is 3.05. The van der Waals surface area contributed by atoms with Crippen molar-refractivity contribution < 1.29 is 9.94 Å². The maximum Gasteiger partial charge on any atom is 0.177 e. The molecule has 1 aliphatic heterocycles. The van der Waals surface area contributed by atoms with Gasteiger partial charge in [0.25, 0.3) is 0 Å². The lowest BCUT2D eigenvalue weighted by Gasteiger charge is -2.24. The second kappa shape index (κ2) is 8.27. The third-order valence-electron chi connectivity index (χ3n) is 5.55. The van der Waals surface area contributed by atoms with Crippen molar-refractivity contribution in [1.29, 1.82) is 0 Å². The number of ether oxygens (including phenoxy) is 1. The van der Waals surface area contributed by atoms with Crippen molar-refractivity contribution in [3.8, 4) is 0 Å². The summed E-state index contributed by atoms with van der Waals surface area (Å²) in [6, 6.07) is 12.3. The maximum absolute atomic E-state index is 9.03. The molecule has 1 aliphatic rings. The first kappa shape index (κ1) is 19.4. The summed E-state index contributed by atoms with van der Waals surface area (Å²) in [7, 11) is 0. The number of benzene rings is 1. The number of hydrogen-bond acceptors (Lipinski definition) is 8. The van der Waals surface area contributed by atoms with Crippen LogP contribution in [0.2, 0.25) is 0 Å². The topological polar surface area (TPSA) is 110 Å². The van der Waals surface area contributed by atoms with Crippen LogP contribution in [0.4, 0.5) is 5.69 Å². The average molecular weight is 417 g/mol. The molecule has 1 aromatic carbocycles. The third-order valence-corrected chi connectivity index (χ3v) is 5.55. The first-order chi connectivity index (χ1) is 15.2. The van der Waals surface area contributed by atoms with Crippen molar-refractivity contribution in [1.82, 2.24) is 24.8 Å². The summed E-state index contributed by atoms with van der Waals surface area (Å²) < 4.78 is 7.13. The molecule has 0 aliphatic carbocycles. The van der Waals surface area contributed by atoms with Gasteiger partial charge in [-0.15, -0.1) is 10.2 Å². The second-order valence-electron chi connectivity index (χ2n) is 7.75. The Morgan fingerprint density at radius 2 is 2.06 bits per heavy atom. The van der Waals surface area contributed by atoms with Gasteiger partial charge < -0.3 is 15.3 Å². The zero-order valence-corrected chi connectivity index (χ0v) is 17.2. The highest BCUT2D eigenvalue weighted by molar-refractivity contribution is 5.96. The molecule has 5 rings (SSSR count). The van der Waals surface area contributed by atoms with Crippen LogP contribution in [0.3, 0.4) is 0 Å². The van der Waals surface area contributed by atoms with E-state index in [1.165, 1.54) is 0 Å². The summed E-state index contributed by atoms with van der Waals surface area (Å²) in [4.78, 5) is 4.60. The molecule has 1 saturated heterocycles. The van der Waals surface area contributed by atoms with Gasteiger partial charge in [-0.05, 0) is 55.7 Å². The van der Waals surface area contributed by atoms with E-state index in [0.717, 1.165) is 48.2 Å². The minimum Gasteiger partial charge on any atom is -0.411 e. The molecule has 3 aromatic heterocycles. The lowest BCUT2D eigenvalue weighted by atomic mass is 10.1. The normalized spacial score (nSPS) is 15.6. The summed E-state index contributed by atoms with van der Waals surface area (Å²) in [6.07, 6.45) is 4.47. The molecule has 4 aromatic rings. The zero-order chi connectivity index (χ0) is 21.2. The Morgan fingerprint density at radius 1 is 1.19 bits per heavy atom. The van der Waals surface area contributed by atoms with E-state index in [2.05, 4.69) is 42.9 Å². The lowest BCUT2D eigenvalue weighted by Crippen LogP contribution is -2.27. The highest BCUT2D eigenvalue weighted by Gasteiger charge is 2.14. The van der Waals surface area contributed by atoms with Gasteiger partial charge in [0.05, 0.1) is 17.4 Å². The molecule has 9 nitrogen and oxygen atoms in total. The number of rotatable bonds is 5. The van der Waals surface area contributed by atoms with Crippen LogP contribution in [0.1, 0.15) is 36.8 Å². The van der Waals surface area contributed by atoms with E-state index >= 15 is 0 Å². The lowest BCUT2D eigenvalue weighted by molar-refractivity contribution is 0.0904. The molecule has 0 unspecified atom stereocenters. The molecule has 0 amide bonds. The van der Waals surface area contributed by atoms with Gasteiger partial charge in [0.15, 0.2) is 11.5 Å². The predicted molar refractivity (Wildman–Crippen MR) is 117 cm³/mol. The van der Waals surface area contributed by atoms with Crippen LogP contribution in [0.5, 0.6) is 0 Å². The number of nitrogens with one attached hydrogen (secondary N) is 1. The van der Waals surface area contributed by atoms with Gasteiger partial charge in [0, 0.05) is 31.1 Å². The van der Waals surface area contributed by atoms with Crippen LogP contribution in [-0.2, 0) is 11.2 Å². The first-order valence-electron chi connectivity index (χ1n) is 10.3. The molecule has 4 heterocycles. The smallest absolute Gasteiger partial charge is 0.177 e. The molecule has 0 saturated carbocycles. The van der Waals surface area contributed by atoms with Gasteiger partial charge >= 0.3 is 0 Å². The van der Waals surface area contributed by atoms with E-state index < -0.39 is 0 Å². The van der Waals surface area contributed by atoms with Crippen molar-refractivity contribution in [2.24, 2.45) is 5.16 Å². The van der Waals surface area contributed by atoms with Crippen LogP contribution in [0, 0.1) is 0 Å². The van der Waals surface area contributed by atoms with Crippen LogP contribution >= 0.6 is 0 Å². The van der Waals surface area contributed by atoms with E-state index in [1.54, 1.807) is 17.5 Å². The van der Waals surface area contributed by atoms with Crippen LogP contribution in [0.25, 0.3) is 16.6 Å². The summed E-state index contributed by atoms with van der Waals surface area (Å²) in [5, 5.41) is 29.9. The quantitative estimate of drug-likeness (QED) is 0.292. The fraction of sp³-hybridized carbons (Fsp3) is 0.318. The Kier molecular flexibility index (Phi) is 5.17. The van der Waals surface area contributed by atoms with Crippen LogP contribution in [-0.4, -0.2) is 55.0 Å². The number of aromatic nitrogens is 5. The summed E-state index contributed by atoms with van der Waals surface area (Å²) in [5.41, 5.74) is 4.71. The second-order valence-corrected chi connectivity index (χ2v) is 7.75. The molecule has 31 heavy (non-hydrogen) atoms. The number of anilines is 1. The van der Waals surface area contributed by atoms with Crippen LogP contribution in [0.15, 0.2) is 47.8 Å². The summed E-state index contributed by atoms with van der Waals surface area (Å²) in [5.74, 6) is 0.714. The van der Waals surface area contributed by atoms with Crippen molar-refractivity contribution in [2.45, 2.75) is 32.2 Å². The SMILES string of the molecule is CC(=NO)c1ccc2nnc(Cc3ccc4ncc(NC5CCOCC5)cc4c3)n2n1. The molecule has 0 spiro atoms. The third kappa shape index (κ3) is 4.04. The van der Waals surface area contributed by atoms with Gasteiger partial charge in [-0.2, -0.15) is 9.61 Å². The van der Waals surface area contributed by atoms with Gasteiger partial charge in [0.1, 0.15) is 11.4 Å². The Bertz CT molecular complexity index is 1260.